The summed E-state index contributed by atoms with van der Waals surface area (Å²) in [7, 11) is 0. The van der Waals surface area contributed by atoms with Gasteiger partial charge in [0, 0.05) is 26.2 Å². The monoisotopic (exact) mass is 348 g/mol. The van der Waals surface area contributed by atoms with Crippen molar-refractivity contribution in [2.24, 2.45) is 5.92 Å². The van der Waals surface area contributed by atoms with Crippen molar-refractivity contribution in [3.63, 3.8) is 0 Å². The lowest BCUT2D eigenvalue weighted by Crippen LogP contribution is -2.45. The van der Waals surface area contributed by atoms with Crippen LogP contribution in [0.25, 0.3) is 0 Å². The van der Waals surface area contributed by atoms with E-state index in [2.05, 4.69) is 5.32 Å². The number of ether oxygens (including phenoxy) is 2. The molecule has 6 heteroatoms. The average molecular weight is 348 g/mol. The van der Waals surface area contributed by atoms with E-state index in [0.29, 0.717) is 39.5 Å². The molecule has 0 aliphatic carbocycles. The maximum atomic E-state index is 12.4. The SMILES string of the molecule is CCOCc1ccc(CNC(=O)C2CCCN(C(=O)OCC)C2)cc1. The number of rotatable bonds is 7. The van der Waals surface area contributed by atoms with Gasteiger partial charge in [-0.3, -0.25) is 4.79 Å². The van der Waals surface area contributed by atoms with Crippen LogP contribution in [0.1, 0.15) is 37.8 Å². The van der Waals surface area contributed by atoms with Gasteiger partial charge in [-0.05, 0) is 37.8 Å². The fourth-order valence-corrected chi connectivity index (χ4v) is 2.88. The normalized spacial score (nSPS) is 17.2. The van der Waals surface area contributed by atoms with Crippen LogP contribution >= 0.6 is 0 Å². The van der Waals surface area contributed by atoms with E-state index >= 15 is 0 Å². The quantitative estimate of drug-likeness (QED) is 0.823. The summed E-state index contributed by atoms with van der Waals surface area (Å²) in [6.07, 6.45) is 1.29. The Hall–Kier alpha value is -2.08. The third kappa shape index (κ3) is 6.05. The molecule has 0 saturated carbocycles. The number of nitrogens with zero attached hydrogens (tertiary/aromatic N) is 1. The number of hydrogen-bond donors (Lipinski definition) is 1. The molecule has 1 aromatic rings. The summed E-state index contributed by atoms with van der Waals surface area (Å²) in [6, 6.07) is 8.03. The van der Waals surface area contributed by atoms with Crippen LogP contribution in [0.4, 0.5) is 4.79 Å². The Morgan fingerprint density at radius 3 is 2.56 bits per heavy atom. The molecular formula is C19H28N2O4. The molecule has 25 heavy (non-hydrogen) atoms. The molecule has 1 aliphatic heterocycles. The lowest BCUT2D eigenvalue weighted by molar-refractivity contribution is -0.126. The standard InChI is InChI=1S/C19H28N2O4/c1-3-24-14-16-9-7-15(8-10-16)12-20-18(22)17-6-5-11-21(13-17)19(23)25-4-2/h7-10,17H,3-6,11-14H2,1-2H3,(H,20,22). The second-order valence-electron chi connectivity index (χ2n) is 6.16. The number of carbonyl (C=O) groups excluding carboxylic acids is 2. The molecule has 1 aliphatic rings. The highest BCUT2D eigenvalue weighted by molar-refractivity contribution is 5.80. The molecule has 0 bridgehead atoms. The minimum absolute atomic E-state index is 0.00705. The number of carbonyl (C=O) groups is 2. The van der Waals surface area contributed by atoms with E-state index in [9.17, 15) is 9.59 Å². The van der Waals surface area contributed by atoms with Gasteiger partial charge in [0.15, 0.2) is 0 Å². The molecule has 1 N–H and O–H groups in total. The summed E-state index contributed by atoms with van der Waals surface area (Å²) >= 11 is 0. The Morgan fingerprint density at radius 2 is 1.88 bits per heavy atom. The first-order valence-corrected chi connectivity index (χ1v) is 8.99. The van der Waals surface area contributed by atoms with Gasteiger partial charge in [0.1, 0.15) is 0 Å². The summed E-state index contributed by atoms with van der Waals surface area (Å²) < 4.78 is 10.4. The zero-order chi connectivity index (χ0) is 18.1. The maximum Gasteiger partial charge on any atom is 0.409 e. The number of hydrogen-bond acceptors (Lipinski definition) is 4. The molecule has 1 aromatic carbocycles. The number of likely N-dealkylation sites (tertiary alicyclic amines) is 1. The molecule has 2 rings (SSSR count). The van der Waals surface area contributed by atoms with Crippen LogP contribution in [-0.2, 0) is 27.4 Å². The van der Waals surface area contributed by atoms with E-state index in [1.54, 1.807) is 11.8 Å². The first kappa shape index (κ1) is 19.2. The van der Waals surface area contributed by atoms with Crippen LogP contribution in [-0.4, -0.2) is 43.2 Å². The van der Waals surface area contributed by atoms with Crippen molar-refractivity contribution in [2.45, 2.75) is 39.8 Å². The van der Waals surface area contributed by atoms with Gasteiger partial charge in [0.05, 0.1) is 19.1 Å². The molecule has 0 radical (unpaired) electrons. The molecule has 1 heterocycles. The van der Waals surface area contributed by atoms with E-state index in [0.717, 1.165) is 24.0 Å². The van der Waals surface area contributed by atoms with E-state index in [1.807, 2.05) is 31.2 Å². The summed E-state index contributed by atoms with van der Waals surface area (Å²) in [4.78, 5) is 25.8. The molecule has 0 spiro atoms. The summed E-state index contributed by atoms with van der Waals surface area (Å²) in [5.41, 5.74) is 2.17. The minimum Gasteiger partial charge on any atom is -0.450 e. The van der Waals surface area contributed by atoms with E-state index < -0.39 is 0 Å². The van der Waals surface area contributed by atoms with E-state index in [1.165, 1.54) is 0 Å². The molecule has 138 valence electrons. The number of amides is 2. The molecule has 1 atom stereocenters. The third-order valence-corrected chi connectivity index (χ3v) is 4.28. The Labute approximate surface area is 149 Å². The predicted molar refractivity (Wildman–Crippen MR) is 94.9 cm³/mol. The van der Waals surface area contributed by atoms with Crippen molar-refractivity contribution in [1.29, 1.82) is 0 Å². The fraction of sp³-hybridized carbons (Fsp3) is 0.579. The molecule has 0 aromatic heterocycles. The van der Waals surface area contributed by atoms with Crippen LogP contribution in [0, 0.1) is 5.92 Å². The van der Waals surface area contributed by atoms with Gasteiger partial charge in [0.25, 0.3) is 0 Å². The van der Waals surface area contributed by atoms with Gasteiger partial charge in [0.2, 0.25) is 5.91 Å². The van der Waals surface area contributed by atoms with Gasteiger partial charge in [-0.15, -0.1) is 0 Å². The van der Waals surface area contributed by atoms with Crippen molar-refractivity contribution in [1.82, 2.24) is 10.2 Å². The number of benzene rings is 1. The molecule has 6 nitrogen and oxygen atoms in total. The molecule has 1 unspecified atom stereocenters. The first-order chi connectivity index (χ1) is 12.1. The van der Waals surface area contributed by atoms with Crippen LogP contribution in [0.2, 0.25) is 0 Å². The fourth-order valence-electron chi connectivity index (χ4n) is 2.88. The summed E-state index contributed by atoms with van der Waals surface area (Å²) in [5.74, 6) is -0.178. The zero-order valence-corrected chi connectivity index (χ0v) is 15.1. The Kier molecular flexibility index (Phi) is 7.73. The number of piperidine rings is 1. The van der Waals surface area contributed by atoms with Crippen LogP contribution in [0.15, 0.2) is 24.3 Å². The second-order valence-corrected chi connectivity index (χ2v) is 6.16. The lowest BCUT2D eigenvalue weighted by Gasteiger charge is -2.31. The van der Waals surface area contributed by atoms with Crippen molar-refractivity contribution in [2.75, 3.05) is 26.3 Å². The minimum atomic E-state index is -0.329. The second kappa shape index (κ2) is 10.0. The first-order valence-electron chi connectivity index (χ1n) is 8.99. The third-order valence-electron chi connectivity index (χ3n) is 4.28. The highest BCUT2D eigenvalue weighted by Crippen LogP contribution is 2.17. The van der Waals surface area contributed by atoms with Gasteiger partial charge >= 0.3 is 6.09 Å². The van der Waals surface area contributed by atoms with Gasteiger partial charge in [-0.2, -0.15) is 0 Å². The molecule has 2 amide bonds. The summed E-state index contributed by atoms with van der Waals surface area (Å²) in [6.45, 7) is 6.98. The van der Waals surface area contributed by atoms with Crippen molar-refractivity contribution >= 4 is 12.0 Å². The van der Waals surface area contributed by atoms with Crippen LogP contribution in [0.3, 0.4) is 0 Å². The van der Waals surface area contributed by atoms with Crippen molar-refractivity contribution in [3.05, 3.63) is 35.4 Å². The topological polar surface area (TPSA) is 67.9 Å². The highest BCUT2D eigenvalue weighted by atomic mass is 16.6. The largest absolute Gasteiger partial charge is 0.450 e. The van der Waals surface area contributed by atoms with Crippen LogP contribution < -0.4 is 5.32 Å². The van der Waals surface area contributed by atoms with Gasteiger partial charge in [-0.1, -0.05) is 24.3 Å². The zero-order valence-electron chi connectivity index (χ0n) is 15.1. The highest BCUT2D eigenvalue weighted by Gasteiger charge is 2.28. The predicted octanol–water partition coefficient (Wildman–Crippen LogP) is 2.71. The Morgan fingerprint density at radius 1 is 1.16 bits per heavy atom. The Bertz CT molecular complexity index is 559. The van der Waals surface area contributed by atoms with E-state index in [-0.39, 0.29) is 17.9 Å². The molecule has 1 saturated heterocycles. The van der Waals surface area contributed by atoms with Crippen LogP contribution in [0.5, 0.6) is 0 Å². The lowest BCUT2D eigenvalue weighted by atomic mass is 9.97. The smallest absolute Gasteiger partial charge is 0.409 e. The van der Waals surface area contributed by atoms with Crippen molar-refractivity contribution in [3.8, 4) is 0 Å². The van der Waals surface area contributed by atoms with Gasteiger partial charge in [-0.25, -0.2) is 4.79 Å². The Balaban J connectivity index is 1.80. The maximum absolute atomic E-state index is 12.4. The molecule has 1 fully saturated rings. The van der Waals surface area contributed by atoms with Gasteiger partial charge < -0.3 is 19.7 Å². The van der Waals surface area contributed by atoms with E-state index in [4.69, 9.17) is 9.47 Å². The summed E-state index contributed by atoms with van der Waals surface area (Å²) in [5, 5.41) is 2.97. The average Bonchev–Trinajstić information content (AvgIpc) is 2.65. The number of nitrogens with one attached hydrogen (secondary N) is 1. The van der Waals surface area contributed by atoms with Crippen molar-refractivity contribution < 1.29 is 19.1 Å². The molecular weight excluding hydrogens is 320 g/mol.